The van der Waals surface area contributed by atoms with Crippen LogP contribution in [0.5, 0.6) is 0 Å². The first kappa shape index (κ1) is 21.0. The third-order valence-corrected chi connectivity index (χ3v) is 7.68. The second kappa shape index (κ2) is 8.75. The van der Waals surface area contributed by atoms with Gasteiger partial charge in [0, 0.05) is 38.3 Å². The van der Waals surface area contributed by atoms with Gasteiger partial charge in [0.2, 0.25) is 10.0 Å². The van der Waals surface area contributed by atoms with E-state index in [1.807, 2.05) is 6.92 Å². The predicted molar refractivity (Wildman–Crippen MR) is 109 cm³/mol. The molecule has 1 atom stereocenters. The van der Waals surface area contributed by atoms with E-state index >= 15 is 0 Å². The maximum Gasteiger partial charge on any atom is 0.293 e. The molecular weight excluding hydrogens is 380 g/mol. The molecule has 1 N–H and O–H groups in total. The number of benzene rings is 1. The van der Waals surface area contributed by atoms with Crippen molar-refractivity contribution < 1.29 is 13.3 Å². The Morgan fingerprint density at radius 3 is 2.54 bits per heavy atom. The van der Waals surface area contributed by atoms with Gasteiger partial charge in [0.05, 0.1) is 9.82 Å². The largest absolute Gasteiger partial charge is 0.377 e. The molecule has 2 heterocycles. The van der Waals surface area contributed by atoms with E-state index in [9.17, 15) is 18.5 Å². The van der Waals surface area contributed by atoms with Crippen LogP contribution in [-0.4, -0.2) is 61.3 Å². The zero-order valence-electron chi connectivity index (χ0n) is 16.6. The van der Waals surface area contributed by atoms with Crippen molar-refractivity contribution in [3.63, 3.8) is 0 Å². The minimum atomic E-state index is -3.72. The van der Waals surface area contributed by atoms with Gasteiger partial charge in [-0.2, -0.15) is 4.31 Å². The van der Waals surface area contributed by atoms with E-state index in [0.717, 1.165) is 45.3 Å². The van der Waals surface area contributed by atoms with Gasteiger partial charge < -0.3 is 10.2 Å². The molecule has 1 aromatic carbocycles. The Balaban J connectivity index is 1.80. The summed E-state index contributed by atoms with van der Waals surface area (Å²) in [6.07, 6.45) is 3.65. The SMILES string of the molecule is CCN1CCC(Nc2ccc(S(=O)(=O)N3CCC[C@@H](C)C3)cc2[N+](=O)[O-])CC1. The summed E-state index contributed by atoms with van der Waals surface area (Å²) >= 11 is 0. The Bertz CT molecular complexity index is 806. The number of rotatable bonds is 6. The highest BCUT2D eigenvalue weighted by molar-refractivity contribution is 7.89. The van der Waals surface area contributed by atoms with Gasteiger partial charge in [-0.15, -0.1) is 0 Å². The molecular formula is C19H30N4O4S. The zero-order valence-corrected chi connectivity index (χ0v) is 17.5. The smallest absolute Gasteiger partial charge is 0.293 e. The van der Waals surface area contributed by atoms with Crippen LogP contribution in [0.15, 0.2) is 23.1 Å². The Kier molecular flexibility index (Phi) is 6.57. The van der Waals surface area contributed by atoms with E-state index in [1.165, 1.54) is 16.4 Å². The summed E-state index contributed by atoms with van der Waals surface area (Å²) in [6, 6.07) is 4.40. The summed E-state index contributed by atoms with van der Waals surface area (Å²) in [7, 11) is -3.72. The zero-order chi connectivity index (χ0) is 20.3. The first-order valence-corrected chi connectivity index (χ1v) is 11.5. The van der Waals surface area contributed by atoms with E-state index in [2.05, 4.69) is 17.1 Å². The highest BCUT2D eigenvalue weighted by Gasteiger charge is 2.31. The Hall–Kier alpha value is -1.71. The molecule has 1 aromatic rings. The first-order valence-electron chi connectivity index (χ1n) is 10.1. The highest BCUT2D eigenvalue weighted by atomic mass is 32.2. The van der Waals surface area contributed by atoms with Gasteiger partial charge in [-0.05, 0) is 50.3 Å². The fourth-order valence-corrected chi connectivity index (χ4v) is 5.69. The number of nitro groups is 1. The van der Waals surface area contributed by atoms with E-state index in [-0.39, 0.29) is 16.6 Å². The van der Waals surface area contributed by atoms with Crippen LogP contribution in [0.25, 0.3) is 0 Å². The van der Waals surface area contributed by atoms with E-state index in [4.69, 9.17) is 0 Å². The molecule has 9 heteroatoms. The molecule has 2 fully saturated rings. The lowest BCUT2D eigenvalue weighted by Crippen LogP contribution is -2.39. The summed E-state index contributed by atoms with van der Waals surface area (Å²) in [5, 5.41) is 14.9. The number of nitrogens with one attached hydrogen (secondary N) is 1. The molecule has 0 radical (unpaired) electrons. The molecule has 0 aromatic heterocycles. The average molecular weight is 411 g/mol. The summed E-state index contributed by atoms with van der Waals surface area (Å²) in [6.45, 7) is 8.02. The van der Waals surface area contributed by atoms with Crippen molar-refractivity contribution in [1.29, 1.82) is 0 Å². The van der Waals surface area contributed by atoms with Crippen molar-refractivity contribution in [2.45, 2.75) is 50.5 Å². The molecule has 2 aliphatic heterocycles. The maximum atomic E-state index is 13.0. The number of likely N-dealkylation sites (tertiary alicyclic amines) is 1. The summed E-state index contributed by atoms with van der Waals surface area (Å²) in [5.41, 5.74) is 0.218. The van der Waals surface area contributed by atoms with Gasteiger partial charge >= 0.3 is 0 Å². The van der Waals surface area contributed by atoms with E-state index in [0.29, 0.717) is 24.7 Å². The van der Waals surface area contributed by atoms with Crippen molar-refractivity contribution in [3.05, 3.63) is 28.3 Å². The van der Waals surface area contributed by atoms with Crippen LogP contribution in [0, 0.1) is 16.0 Å². The van der Waals surface area contributed by atoms with Crippen molar-refractivity contribution in [1.82, 2.24) is 9.21 Å². The fourth-order valence-electron chi connectivity index (χ4n) is 4.07. The molecule has 0 aliphatic carbocycles. The molecule has 0 saturated carbocycles. The van der Waals surface area contributed by atoms with Crippen LogP contribution in [0.1, 0.15) is 39.5 Å². The van der Waals surface area contributed by atoms with Crippen molar-refractivity contribution in [2.75, 3.05) is 38.0 Å². The summed E-state index contributed by atoms with van der Waals surface area (Å²) in [5.74, 6) is 0.299. The molecule has 0 unspecified atom stereocenters. The van der Waals surface area contributed by atoms with Crippen LogP contribution in [0.4, 0.5) is 11.4 Å². The van der Waals surface area contributed by atoms with Gasteiger partial charge in [-0.1, -0.05) is 13.8 Å². The van der Waals surface area contributed by atoms with Crippen molar-refractivity contribution in [3.8, 4) is 0 Å². The van der Waals surface area contributed by atoms with Crippen LogP contribution in [-0.2, 0) is 10.0 Å². The number of hydrogen-bond donors (Lipinski definition) is 1. The minimum absolute atomic E-state index is 0.000322. The minimum Gasteiger partial charge on any atom is -0.377 e. The molecule has 28 heavy (non-hydrogen) atoms. The summed E-state index contributed by atoms with van der Waals surface area (Å²) in [4.78, 5) is 13.5. The molecule has 0 bridgehead atoms. The van der Waals surface area contributed by atoms with Crippen LogP contribution >= 0.6 is 0 Å². The number of anilines is 1. The van der Waals surface area contributed by atoms with Crippen LogP contribution < -0.4 is 5.32 Å². The highest BCUT2D eigenvalue weighted by Crippen LogP contribution is 2.32. The normalized spacial score (nSPS) is 22.9. The third-order valence-electron chi connectivity index (χ3n) is 5.82. The molecule has 2 saturated heterocycles. The Labute approximate surface area is 167 Å². The molecule has 3 rings (SSSR count). The van der Waals surface area contributed by atoms with E-state index < -0.39 is 14.9 Å². The topological polar surface area (TPSA) is 95.8 Å². The quantitative estimate of drug-likeness (QED) is 0.572. The van der Waals surface area contributed by atoms with Gasteiger partial charge in [-0.25, -0.2) is 8.42 Å². The molecule has 0 amide bonds. The Morgan fingerprint density at radius 1 is 1.21 bits per heavy atom. The van der Waals surface area contributed by atoms with Gasteiger partial charge in [0.1, 0.15) is 5.69 Å². The number of nitro benzene ring substituents is 1. The van der Waals surface area contributed by atoms with E-state index in [1.54, 1.807) is 6.07 Å². The number of nitrogens with zero attached hydrogens (tertiary/aromatic N) is 3. The lowest BCUT2D eigenvalue weighted by molar-refractivity contribution is -0.384. The second-order valence-corrected chi connectivity index (χ2v) is 9.84. The number of hydrogen-bond acceptors (Lipinski definition) is 6. The predicted octanol–water partition coefficient (Wildman–Crippen LogP) is 2.91. The summed E-state index contributed by atoms with van der Waals surface area (Å²) < 4.78 is 27.4. The lowest BCUT2D eigenvalue weighted by atomic mass is 10.0. The maximum absolute atomic E-state index is 13.0. The number of sulfonamides is 1. The Morgan fingerprint density at radius 2 is 1.93 bits per heavy atom. The molecule has 2 aliphatic rings. The standard InChI is InChI=1S/C19H30N4O4S/c1-3-21-11-8-16(9-12-21)20-18-7-6-17(13-19(18)23(24)25)28(26,27)22-10-4-5-15(2)14-22/h6-7,13,15-16,20H,3-5,8-12,14H2,1-2H3/t15-/m1/s1. The van der Waals surface area contributed by atoms with Crippen LogP contribution in [0.3, 0.4) is 0 Å². The number of piperidine rings is 2. The molecule has 8 nitrogen and oxygen atoms in total. The fraction of sp³-hybridized carbons (Fsp3) is 0.684. The molecule has 156 valence electrons. The lowest BCUT2D eigenvalue weighted by Gasteiger charge is -2.32. The van der Waals surface area contributed by atoms with Crippen molar-refractivity contribution in [2.24, 2.45) is 5.92 Å². The van der Waals surface area contributed by atoms with Gasteiger partial charge in [-0.3, -0.25) is 10.1 Å². The average Bonchev–Trinajstić information content (AvgIpc) is 2.68. The van der Waals surface area contributed by atoms with Gasteiger partial charge in [0.15, 0.2) is 0 Å². The van der Waals surface area contributed by atoms with Gasteiger partial charge in [0.25, 0.3) is 5.69 Å². The second-order valence-electron chi connectivity index (χ2n) is 7.90. The third kappa shape index (κ3) is 4.64. The van der Waals surface area contributed by atoms with Crippen molar-refractivity contribution >= 4 is 21.4 Å². The van der Waals surface area contributed by atoms with Crippen LogP contribution in [0.2, 0.25) is 0 Å². The first-order chi connectivity index (χ1) is 13.3. The molecule has 0 spiro atoms. The monoisotopic (exact) mass is 410 g/mol.